The zero-order chi connectivity index (χ0) is 13.0. The molecule has 1 aromatic rings. The van der Waals surface area contributed by atoms with Crippen molar-refractivity contribution in [2.75, 3.05) is 13.1 Å². The molecule has 0 aliphatic carbocycles. The summed E-state index contributed by atoms with van der Waals surface area (Å²) in [5.74, 6) is -0.728. The first kappa shape index (κ1) is 13.0. The number of carbonyl (C=O) groups is 1. The largest absolute Gasteiger partial charge is 0.481 e. The first-order valence-electron chi connectivity index (χ1n) is 6.32. The van der Waals surface area contributed by atoms with Gasteiger partial charge in [-0.3, -0.25) is 9.69 Å². The van der Waals surface area contributed by atoms with Crippen molar-refractivity contribution in [3.8, 4) is 0 Å². The van der Waals surface area contributed by atoms with Gasteiger partial charge in [-0.25, -0.2) is 4.39 Å². The van der Waals surface area contributed by atoms with Crippen LogP contribution in [-0.2, 0) is 11.3 Å². The third-order valence-corrected chi connectivity index (χ3v) is 3.42. The summed E-state index contributed by atoms with van der Waals surface area (Å²) < 4.78 is 13.5. The number of hydrogen-bond donors (Lipinski definition) is 1. The van der Waals surface area contributed by atoms with E-state index < -0.39 is 5.97 Å². The highest BCUT2D eigenvalue weighted by atomic mass is 19.1. The minimum Gasteiger partial charge on any atom is -0.481 e. The van der Waals surface area contributed by atoms with E-state index >= 15 is 0 Å². The molecule has 18 heavy (non-hydrogen) atoms. The summed E-state index contributed by atoms with van der Waals surface area (Å²) in [7, 11) is 0. The zero-order valence-electron chi connectivity index (χ0n) is 10.3. The maximum absolute atomic E-state index is 13.5. The summed E-state index contributed by atoms with van der Waals surface area (Å²) in [6.07, 6.45) is 2.17. The molecular weight excluding hydrogens is 233 g/mol. The molecular formula is C14H18FNO2. The van der Waals surface area contributed by atoms with Crippen LogP contribution in [0, 0.1) is 11.7 Å². The maximum Gasteiger partial charge on any atom is 0.303 e. The van der Waals surface area contributed by atoms with Gasteiger partial charge < -0.3 is 5.11 Å². The molecule has 0 radical (unpaired) electrons. The topological polar surface area (TPSA) is 40.5 Å². The van der Waals surface area contributed by atoms with Gasteiger partial charge in [-0.05, 0) is 31.4 Å². The van der Waals surface area contributed by atoms with Crippen LogP contribution in [0.2, 0.25) is 0 Å². The molecule has 98 valence electrons. The summed E-state index contributed by atoms with van der Waals surface area (Å²) >= 11 is 0. The molecule has 0 aromatic heterocycles. The molecule has 0 saturated carbocycles. The van der Waals surface area contributed by atoms with Gasteiger partial charge in [-0.15, -0.1) is 0 Å². The van der Waals surface area contributed by atoms with Crippen molar-refractivity contribution >= 4 is 5.97 Å². The van der Waals surface area contributed by atoms with Crippen LogP contribution in [0.1, 0.15) is 24.8 Å². The van der Waals surface area contributed by atoms with E-state index in [4.69, 9.17) is 5.11 Å². The first-order chi connectivity index (χ1) is 8.65. The Morgan fingerprint density at radius 1 is 1.44 bits per heavy atom. The van der Waals surface area contributed by atoms with Crippen LogP contribution in [0.3, 0.4) is 0 Å². The van der Waals surface area contributed by atoms with Crippen LogP contribution in [-0.4, -0.2) is 29.1 Å². The number of nitrogens with zero attached hydrogens (tertiary/aromatic N) is 1. The molecule has 1 aliphatic heterocycles. The minimum atomic E-state index is -0.743. The van der Waals surface area contributed by atoms with Crippen molar-refractivity contribution in [2.45, 2.75) is 25.8 Å². The number of halogens is 1. The van der Waals surface area contributed by atoms with Gasteiger partial charge in [0.2, 0.25) is 0 Å². The lowest BCUT2D eigenvalue weighted by Crippen LogP contribution is -2.35. The van der Waals surface area contributed by atoms with Gasteiger partial charge >= 0.3 is 5.97 Å². The van der Waals surface area contributed by atoms with Crippen LogP contribution in [0.4, 0.5) is 4.39 Å². The van der Waals surface area contributed by atoms with E-state index in [1.165, 1.54) is 6.07 Å². The Balaban J connectivity index is 1.93. The first-order valence-corrected chi connectivity index (χ1v) is 6.32. The monoisotopic (exact) mass is 251 g/mol. The van der Waals surface area contributed by atoms with E-state index in [0.29, 0.717) is 12.1 Å². The van der Waals surface area contributed by atoms with E-state index in [2.05, 4.69) is 4.90 Å². The summed E-state index contributed by atoms with van der Waals surface area (Å²) in [4.78, 5) is 12.9. The summed E-state index contributed by atoms with van der Waals surface area (Å²) in [5, 5.41) is 8.81. The van der Waals surface area contributed by atoms with E-state index in [1.807, 2.05) is 6.07 Å². The Kier molecular flexibility index (Phi) is 4.31. The lowest BCUT2D eigenvalue weighted by Gasteiger charge is -2.32. The van der Waals surface area contributed by atoms with Crippen LogP contribution in [0.15, 0.2) is 24.3 Å². The molecule has 1 atom stereocenters. The van der Waals surface area contributed by atoms with Gasteiger partial charge in [0.25, 0.3) is 0 Å². The van der Waals surface area contributed by atoms with Crippen LogP contribution in [0.25, 0.3) is 0 Å². The van der Waals surface area contributed by atoms with E-state index in [1.54, 1.807) is 12.1 Å². The van der Waals surface area contributed by atoms with Gasteiger partial charge in [0.1, 0.15) is 5.82 Å². The van der Waals surface area contributed by atoms with Crippen molar-refractivity contribution in [3.05, 3.63) is 35.6 Å². The average Bonchev–Trinajstić information content (AvgIpc) is 2.32. The number of likely N-dealkylation sites (tertiary alicyclic amines) is 1. The molecule has 1 unspecified atom stereocenters. The second kappa shape index (κ2) is 5.96. The molecule has 0 amide bonds. The highest BCUT2D eigenvalue weighted by molar-refractivity contribution is 5.67. The van der Waals surface area contributed by atoms with E-state index in [9.17, 15) is 9.18 Å². The predicted octanol–water partition coefficient (Wildman–Crippen LogP) is 2.51. The maximum atomic E-state index is 13.5. The highest BCUT2D eigenvalue weighted by Gasteiger charge is 2.22. The Morgan fingerprint density at radius 2 is 2.22 bits per heavy atom. The summed E-state index contributed by atoms with van der Waals surface area (Å²) in [5.41, 5.74) is 0.688. The molecule has 1 N–H and O–H groups in total. The molecule has 0 bridgehead atoms. The number of carboxylic acid groups (broad SMARTS) is 1. The quantitative estimate of drug-likeness (QED) is 0.894. The van der Waals surface area contributed by atoms with Gasteiger partial charge in [0.15, 0.2) is 0 Å². The lowest BCUT2D eigenvalue weighted by molar-refractivity contribution is -0.138. The molecule has 0 spiro atoms. The average molecular weight is 251 g/mol. The zero-order valence-corrected chi connectivity index (χ0v) is 10.3. The molecule has 1 saturated heterocycles. The second-order valence-electron chi connectivity index (χ2n) is 4.93. The van der Waals surface area contributed by atoms with Crippen LogP contribution in [0.5, 0.6) is 0 Å². The number of aliphatic carboxylic acids is 1. The smallest absolute Gasteiger partial charge is 0.303 e. The highest BCUT2D eigenvalue weighted by Crippen LogP contribution is 2.21. The SMILES string of the molecule is O=C(O)CC1CCCN(Cc2ccccc2F)C1. The Hall–Kier alpha value is -1.42. The van der Waals surface area contributed by atoms with Crippen molar-refractivity contribution in [1.82, 2.24) is 4.90 Å². The van der Waals surface area contributed by atoms with Crippen molar-refractivity contribution in [2.24, 2.45) is 5.92 Å². The number of benzene rings is 1. The molecule has 1 aromatic carbocycles. The fourth-order valence-electron chi connectivity index (χ4n) is 2.58. The van der Waals surface area contributed by atoms with Crippen molar-refractivity contribution in [1.29, 1.82) is 0 Å². The predicted molar refractivity (Wildman–Crippen MR) is 66.7 cm³/mol. The fourth-order valence-corrected chi connectivity index (χ4v) is 2.58. The summed E-state index contributed by atoms with van der Waals surface area (Å²) in [6.45, 7) is 2.24. The van der Waals surface area contributed by atoms with Gasteiger partial charge in [-0.2, -0.15) is 0 Å². The van der Waals surface area contributed by atoms with Gasteiger partial charge in [0, 0.05) is 25.1 Å². The van der Waals surface area contributed by atoms with Crippen molar-refractivity contribution < 1.29 is 14.3 Å². The number of hydrogen-bond acceptors (Lipinski definition) is 2. The van der Waals surface area contributed by atoms with Gasteiger partial charge in [-0.1, -0.05) is 18.2 Å². The third kappa shape index (κ3) is 3.53. The number of carboxylic acids is 1. The van der Waals surface area contributed by atoms with Crippen LogP contribution < -0.4 is 0 Å². The Bertz CT molecular complexity index is 422. The lowest BCUT2D eigenvalue weighted by atomic mass is 9.94. The van der Waals surface area contributed by atoms with Crippen molar-refractivity contribution in [3.63, 3.8) is 0 Å². The number of piperidine rings is 1. The van der Waals surface area contributed by atoms with E-state index in [-0.39, 0.29) is 18.2 Å². The molecule has 3 nitrogen and oxygen atoms in total. The van der Waals surface area contributed by atoms with Crippen LogP contribution >= 0.6 is 0 Å². The second-order valence-corrected chi connectivity index (χ2v) is 4.93. The Labute approximate surface area is 106 Å². The molecule has 1 fully saturated rings. The fraction of sp³-hybridized carbons (Fsp3) is 0.500. The molecule has 2 rings (SSSR count). The Morgan fingerprint density at radius 3 is 2.94 bits per heavy atom. The third-order valence-electron chi connectivity index (χ3n) is 3.42. The van der Waals surface area contributed by atoms with Gasteiger partial charge in [0.05, 0.1) is 0 Å². The van der Waals surface area contributed by atoms with E-state index in [0.717, 1.165) is 25.9 Å². The molecule has 4 heteroatoms. The molecule has 1 aliphatic rings. The normalized spacial score (nSPS) is 20.8. The summed E-state index contributed by atoms with van der Waals surface area (Å²) in [6, 6.07) is 6.77. The molecule has 1 heterocycles. The standard InChI is InChI=1S/C14H18FNO2/c15-13-6-2-1-5-12(13)10-16-7-3-4-11(9-16)8-14(17)18/h1-2,5-6,11H,3-4,7-10H2,(H,17,18). The minimum absolute atomic E-state index is 0.183. The number of rotatable bonds is 4.